The number of carbonyl (C=O) groups is 1. The lowest BCUT2D eigenvalue weighted by Crippen LogP contribution is -2.22. The van der Waals surface area contributed by atoms with E-state index in [1.807, 2.05) is 30.3 Å². The molecule has 0 bridgehead atoms. The quantitative estimate of drug-likeness (QED) is 0.549. The Morgan fingerprint density at radius 2 is 2.00 bits per heavy atom. The number of aryl methyl sites for hydroxylation is 1. The lowest BCUT2D eigenvalue weighted by atomic mass is 10.1. The number of amides is 1. The minimum absolute atomic E-state index is 0.260. The van der Waals surface area contributed by atoms with E-state index in [-0.39, 0.29) is 12.3 Å². The Morgan fingerprint density at radius 3 is 2.73 bits per heavy atom. The largest absolute Gasteiger partial charge is 0.289 e. The van der Waals surface area contributed by atoms with Crippen LogP contribution in [-0.4, -0.2) is 26.9 Å². The highest BCUT2D eigenvalue weighted by Gasteiger charge is 2.15. The van der Waals surface area contributed by atoms with Crippen molar-refractivity contribution in [3.05, 3.63) is 72.2 Å². The summed E-state index contributed by atoms with van der Waals surface area (Å²) < 4.78 is 1.53. The van der Waals surface area contributed by atoms with Gasteiger partial charge in [-0.05, 0) is 23.8 Å². The van der Waals surface area contributed by atoms with Gasteiger partial charge in [0.1, 0.15) is 5.69 Å². The Labute approximate surface area is 150 Å². The van der Waals surface area contributed by atoms with Gasteiger partial charge in [-0.15, -0.1) is 0 Å². The molecule has 0 spiro atoms. The van der Waals surface area contributed by atoms with Crippen molar-refractivity contribution in [2.45, 2.75) is 13.0 Å². The van der Waals surface area contributed by atoms with Gasteiger partial charge in [0, 0.05) is 18.0 Å². The summed E-state index contributed by atoms with van der Waals surface area (Å²) in [6.45, 7) is 0.333. The second-order valence-electron chi connectivity index (χ2n) is 5.39. The highest BCUT2D eigenvalue weighted by atomic mass is 16.2. The lowest BCUT2D eigenvalue weighted by molar-refractivity contribution is 0.0944. The van der Waals surface area contributed by atoms with Crippen LogP contribution in [0.2, 0.25) is 0 Å². The van der Waals surface area contributed by atoms with Gasteiger partial charge in [0.05, 0.1) is 30.9 Å². The van der Waals surface area contributed by atoms with Crippen molar-refractivity contribution in [1.82, 2.24) is 20.2 Å². The molecule has 26 heavy (non-hydrogen) atoms. The topological polar surface area (TPSA) is 96.0 Å². The van der Waals surface area contributed by atoms with Crippen LogP contribution in [0.15, 0.2) is 66.0 Å². The molecule has 1 N–H and O–H groups in total. The maximum Gasteiger partial charge on any atom is 0.289 e. The van der Waals surface area contributed by atoms with E-state index in [0.717, 1.165) is 11.1 Å². The van der Waals surface area contributed by atoms with Gasteiger partial charge in [-0.2, -0.15) is 15.5 Å². The molecule has 0 aliphatic heterocycles. The number of hydrazone groups is 1. The van der Waals surface area contributed by atoms with Crippen molar-refractivity contribution >= 4 is 12.1 Å². The van der Waals surface area contributed by atoms with Gasteiger partial charge < -0.3 is 0 Å². The Kier molecular flexibility index (Phi) is 5.47. The summed E-state index contributed by atoms with van der Waals surface area (Å²) in [5, 5.41) is 17.2. The SMILES string of the molecule is N#CCCn1nc(-c2ccccc2)cc1C(=O)N/N=C\c1ccncc1. The molecule has 2 aromatic heterocycles. The standard InChI is InChI=1S/C19H16N6O/c20-9-4-12-25-18(13-17(24-25)16-5-2-1-3-6-16)19(26)23-22-14-15-7-10-21-11-8-15/h1-3,5-8,10-11,13-14H,4,12H2,(H,23,26)/b22-14-. The summed E-state index contributed by atoms with van der Waals surface area (Å²) >= 11 is 0. The number of aromatic nitrogens is 3. The molecule has 3 rings (SSSR count). The fourth-order valence-electron chi connectivity index (χ4n) is 2.35. The normalized spacial score (nSPS) is 10.6. The summed E-state index contributed by atoms with van der Waals surface area (Å²) in [5.74, 6) is -0.386. The van der Waals surface area contributed by atoms with Gasteiger partial charge >= 0.3 is 0 Å². The Hall–Kier alpha value is -3.79. The first-order valence-electron chi connectivity index (χ1n) is 8.01. The number of nitriles is 1. The molecule has 128 valence electrons. The highest BCUT2D eigenvalue weighted by molar-refractivity contribution is 5.94. The van der Waals surface area contributed by atoms with Crippen LogP contribution < -0.4 is 5.43 Å². The predicted octanol–water partition coefficient (Wildman–Crippen LogP) is 2.62. The summed E-state index contributed by atoms with van der Waals surface area (Å²) in [6, 6.07) is 16.9. The van der Waals surface area contributed by atoms with E-state index in [9.17, 15) is 4.79 Å². The Balaban J connectivity index is 1.80. The summed E-state index contributed by atoms with van der Waals surface area (Å²) in [5.41, 5.74) is 5.24. The number of pyridine rings is 1. The van der Waals surface area contributed by atoms with Crippen LogP contribution in [0.5, 0.6) is 0 Å². The van der Waals surface area contributed by atoms with Crippen molar-refractivity contribution in [3.8, 4) is 17.3 Å². The minimum Gasteiger partial charge on any atom is -0.266 e. The second kappa shape index (κ2) is 8.35. The van der Waals surface area contributed by atoms with Crippen molar-refractivity contribution in [3.63, 3.8) is 0 Å². The van der Waals surface area contributed by atoms with E-state index in [1.165, 1.54) is 10.9 Å². The molecule has 7 heteroatoms. The Morgan fingerprint density at radius 1 is 1.23 bits per heavy atom. The predicted molar refractivity (Wildman–Crippen MR) is 97.2 cm³/mol. The molecule has 3 aromatic rings. The van der Waals surface area contributed by atoms with Crippen molar-refractivity contribution < 1.29 is 4.79 Å². The van der Waals surface area contributed by atoms with E-state index in [4.69, 9.17) is 5.26 Å². The number of rotatable bonds is 6. The van der Waals surface area contributed by atoms with E-state index >= 15 is 0 Å². The molecule has 0 radical (unpaired) electrons. The molecular weight excluding hydrogens is 328 g/mol. The average Bonchev–Trinajstić information content (AvgIpc) is 3.12. The lowest BCUT2D eigenvalue weighted by Gasteiger charge is -2.03. The molecule has 1 aromatic carbocycles. The van der Waals surface area contributed by atoms with Crippen LogP contribution in [0, 0.1) is 11.3 Å². The maximum absolute atomic E-state index is 12.5. The van der Waals surface area contributed by atoms with Gasteiger partial charge in [0.15, 0.2) is 0 Å². The van der Waals surface area contributed by atoms with Crippen molar-refractivity contribution in [2.75, 3.05) is 0 Å². The average molecular weight is 344 g/mol. The third-order valence-electron chi connectivity index (χ3n) is 3.60. The summed E-state index contributed by atoms with van der Waals surface area (Å²) in [6.07, 6.45) is 5.09. The smallest absolute Gasteiger partial charge is 0.266 e. The van der Waals surface area contributed by atoms with E-state index in [2.05, 4.69) is 26.7 Å². The molecule has 0 atom stereocenters. The van der Waals surface area contributed by atoms with E-state index < -0.39 is 0 Å². The van der Waals surface area contributed by atoms with E-state index in [0.29, 0.717) is 17.9 Å². The molecule has 0 aliphatic rings. The molecule has 1 amide bonds. The zero-order valence-electron chi connectivity index (χ0n) is 13.9. The molecule has 0 saturated carbocycles. The fourth-order valence-corrected chi connectivity index (χ4v) is 2.35. The number of hydrogen-bond acceptors (Lipinski definition) is 5. The van der Waals surface area contributed by atoms with Gasteiger partial charge in [-0.25, -0.2) is 5.43 Å². The molecule has 0 fully saturated rings. The van der Waals surface area contributed by atoms with Crippen LogP contribution in [0.4, 0.5) is 0 Å². The summed E-state index contributed by atoms with van der Waals surface area (Å²) in [7, 11) is 0. The van der Waals surface area contributed by atoms with Gasteiger partial charge in [-0.3, -0.25) is 14.5 Å². The van der Waals surface area contributed by atoms with Crippen LogP contribution in [0.25, 0.3) is 11.3 Å². The molecule has 2 heterocycles. The monoisotopic (exact) mass is 344 g/mol. The summed E-state index contributed by atoms with van der Waals surface area (Å²) in [4.78, 5) is 16.4. The maximum atomic E-state index is 12.5. The van der Waals surface area contributed by atoms with Gasteiger partial charge in [0.2, 0.25) is 0 Å². The van der Waals surface area contributed by atoms with Gasteiger partial charge in [0.25, 0.3) is 5.91 Å². The molecule has 0 unspecified atom stereocenters. The third-order valence-corrected chi connectivity index (χ3v) is 3.60. The number of carbonyl (C=O) groups excluding carboxylic acids is 1. The van der Waals surface area contributed by atoms with Crippen LogP contribution in [-0.2, 0) is 6.54 Å². The zero-order chi connectivity index (χ0) is 18.2. The van der Waals surface area contributed by atoms with Crippen molar-refractivity contribution in [1.29, 1.82) is 5.26 Å². The third kappa shape index (κ3) is 4.19. The first kappa shape index (κ1) is 17.0. The first-order chi connectivity index (χ1) is 12.8. The zero-order valence-corrected chi connectivity index (χ0v) is 13.9. The molecule has 0 saturated heterocycles. The van der Waals surface area contributed by atoms with Gasteiger partial charge in [-0.1, -0.05) is 30.3 Å². The second-order valence-corrected chi connectivity index (χ2v) is 5.39. The van der Waals surface area contributed by atoms with Crippen LogP contribution in [0.3, 0.4) is 0 Å². The number of benzene rings is 1. The fraction of sp³-hybridized carbons (Fsp3) is 0.105. The number of hydrogen-bond donors (Lipinski definition) is 1. The molecule has 0 aliphatic carbocycles. The Bertz CT molecular complexity index is 941. The van der Waals surface area contributed by atoms with E-state index in [1.54, 1.807) is 30.6 Å². The van der Waals surface area contributed by atoms with Crippen LogP contribution >= 0.6 is 0 Å². The molecule has 7 nitrogen and oxygen atoms in total. The molecular formula is C19H16N6O. The number of nitrogens with one attached hydrogen (secondary N) is 1. The van der Waals surface area contributed by atoms with Crippen molar-refractivity contribution in [2.24, 2.45) is 5.10 Å². The first-order valence-corrected chi connectivity index (χ1v) is 8.01. The van der Waals surface area contributed by atoms with Crippen LogP contribution in [0.1, 0.15) is 22.5 Å². The highest BCUT2D eigenvalue weighted by Crippen LogP contribution is 2.19. The number of nitrogens with zero attached hydrogens (tertiary/aromatic N) is 5. The minimum atomic E-state index is -0.386.